The minimum absolute atomic E-state index is 0.226. The van der Waals surface area contributed by atoms with Gasteiger partial charge in [-0.25, -0.2) is 0 Å². The van der Waals surface area contributed by atoms with Gasteiger partial charge < -0.3 is 19.5 Å². The van der Waals surface area contributed by atoms with Crippen LogP contribution in [0.3, 0.4) is 0 Å². The molecule has 0 aliphatic rings. The molecule has 1 N–H and O–H groups in total. The zero-order chi connectivity index (χ0) is 13.2. The van der Waals surface area contributed by atoms with Crippen LogP contribution in [0.1, 0.15) is 18.9 Å². The molecule has 0 atom stereocenters. The van der Waals surface area contributed by atoms with Crippen LogP contribution >= 0.6 is 11.3 Å². The van der Waals surface area contributed by atoms with Crippen molar-refractivity contribution >= 4 is 11.3 Å². The van der Waals surface area contributed by atoms with Gasteiger partial charge in [0, 0.05) is 20.2 Å². The van der Waals surface area contributed by atoms with Crippen LogP contribution in [0.15, 0.2) is 0 Å². The van der Waals surface area contributed by atoms with Gasteiger partial charge in [-0.15, -0.1) is 10.2 Å². The average Bonchev–Trinajstić information content (AvgIpc) is 2.78. The average molecular weight is 275 g/mol. The molecule has 0 aromatic carbocycles. The molecule has 0 spiro atoms. The molecule has 0 aliphatic carbocycles. The van der Waals surface area contributed by atoms with E-state index in [1.165, 1.54) is 11.3 Å². The monoisotopic (exact) mass is 275 g/mol. The lowest BCUT2D eigenvalue weighted by atomic mass is 10.5. The standard InChI is InChI=1S/C11H21N3O3S/c1-9(2)16-6-7-17-11-14-13-10(18-11)8-12-4-5-15-3/h9,12H,4-8H2,1-3H3. The van der Waals surface area contributed by atoms with Crippen molar-refractivity contribution in [2.24, 2.45) is 0 Å². The Morgan fingerprint density at radius 2 is 2.06 bits per heavy atom. The van der Waals surface area contributed by atoms with Gasteiger partial charge in [0.2, 0.25) is 0 Å². The lowest BCUT2D eigenvalue weighted by Crippen LogP contribution is -2.18. The van der Waals surface area contributed by atoms with E-state index in [-0.39, 0.29) is 6.10 Å². The number of nitrogens with zero attached hydrogens (tertiary/aromatic N) is 2. The number of aromatic nitrogens is 2. The molecule has 0 saturated carbocycles. The van der Waals surface area contributed by atoms with Gasteiger partial charge in [-0.2, -0.15) is 0 Å². The molecule has 7 heteroatoms. The van der Waals surface area contributed by atoms with Crippen molar-refractivity contribution in [3.8, 4) is 5.19 Å². The van der Waals surface area contributed by atoms with Crippen LogP contribution in [0.4, 0.5) is 0 Å². The van der Waals surface area contributed by atoms with Crippen LogP contribution < -0.4 is 10.1 Å². The predicted molar refractivity (Wildman–Crippen MR) is 70.1 cm³/mol. The molecule has 0 saturated heterocycles. The third kappa shape index (κ3) is 6.85. The third-order valence-corrected chi connectivity index (χ3v) is 2.80. The number of methoxy groups -OCH3 is 1. The highest BCUT2D eigenvalue weighted by molar-refractivity contribution is 7.13. The number of rotatable bonds is 10. The Labute approximate surface area is 112 Å². The minimum Gasteiger partial charge on any atom is -0.466 e. The van der Waals surface area contributed by atoms with Crippen LogP contribution in [0.5, 0.6) is 5.19 Å². The first-order valence-electron chi connectivity index (χ1n) is 5.98. The summed E-state index contributed by atoms with van der Waals surface area (Å²) < 4.78 is 15.7. The van der Waals surface area contributed by atoms with Crippen molar-refractivity contribution in [1.82, 2.24) is 15.5 Å². The largest absolute Gasteiger partial charge is 0.466 e. The van der Waals surface area contributed by atoms with Gasteiger partial charge in [-0.05, 0) is 13.8 Å². The van der Waals surface area contributed by atoms with E-state index in [2.05, 4.69) is 15.5 Å². The van der Waals surface area contributed by atoms with Crippen molar-refractivity contribution in [2.75, 3.05) is 33.5 Å². The molecule has 6 nitrogen and oxygen atoms in total. The molecule has 18 heavy (non-hydrogen) atoms. The number of hydrogen-bond donors (Lipinski definition) is 1. The molecular weight excluding hydrogens is 254 g/mol. The van der Waals surface area contributed by atoms with Crippen molar-refractivity contribution in [3.05, 3.63) is 5.01 Å². The summed E-state index contributed by atoms with van der Waals surface area (Å²) >= 11 is 1.45. The van der Waals surface area contributed by atoms with E-state index in [1.54, 1.807) is 7.11 Å². The van der Waals surface area contributed by atoms with Crippen LogP contribution in [0, 0.1) is 0 Å². The van der Waals surface area contributed by atoms with Crippen molar-refractivity contribution < 1.29 is 14.2 Å². The highest BCUT2D eigenvalue weighted by Gasteiger charge is 2.04. The summed E-state index contributed by atoms with van der Waals surface area (Å²) in [4.78, 5) is 0. The first kappa shape index (κ1) is 15.3. The van der Waals surface area contributed by atoms with E-state index in [4.69, 9.17) is 14.2 Å². The first-order valence-corrected chi connectivity index (χ1v) is 6.80. The summed E-state index contributed by atoms with van der Waals surface area (Å²) in [6.07, 6.45) is 0.226. The Bertz CT molecular complexity index is 320. The third-order valence-electron chi connectivity index (χ3n) is 1.97. The molecular formula is C11H21N3O3S. The van der Waals surface area contributed by atoms with E-state index in [0.29, 0.717) is 31.6 Å². The number of ether oxygens (including phenoxy) is 3. The predicted octanol–water partition coefficient (Wildman–Crippen LogP) is 1.08. The molecule has 1 aromatic rings. The fraction of sp³-hybridized carbons (Fsp3) is 0.818. The maximum atomic E-state index is 5.43. The van der Waals surface area contributed by atoms with Gasteiger partial charge in [0.05, 0.1) is 19.3 Å². The zero-order valence-electron chi connectivity index (χ0n) is 11.1. The fourth-order valence-electron chi connectivity index (χ4n) is 1.15. The van der Waals surface area contributed by atoms with Gasteiger partial charge in [0.15, 0.2) is 0 Å². The normalized spacial score (nSPS) is 11.1. The Kier molecular flexibility index (Phi) is 7.83. The molecule has 1 heterocycles. The van der Waals surface area contributed by atoms with Crippen molar-refractivity contribution in [3.63, 3.8) is 0 Å². The highest BCUT2D eigenvalue weighted by atomic mass is 32.1. The molecule has 0 unspecified atom stereocenters. The highest BCUT2D eigenvalue weighted by Crippen LogP contribution is 2.17. The van der Waals surface area contributed by atoms with Crippen LogP contribution in [-0.4, -0.2) is 49.8 Å². The minimum atomic E-state index is 0.226. The Morgan fingerprint density at radius 3 is 2.78 bits per heavy atom. The summed E-state index contributed by atoms with van der Waals surface area (Å²) in [5.41, 5.74) is 0. The van der Waals surface area contributed by atoms with Gasteiger partial charge in [-0.1, -0.05) is 11.3 Å². The number of nitrogens with one attached hydrogen (secondary N) is 1. The van der Waals surface area contributed by atoms with Crippen molar-refractivity contribution in [2.45, 2.75) is 26.5 Å². The van der Waals surface area contributed by atoms with Gasteiger partial charge in [0.1, 0.15) is 11.6 Å². The topological polar surface area (TPSA) is 65.5 Å². The van der Waals surface area contributed by atoms with E-state index in [0.717, 1.165) is 11.6 Å². The summed E-state index contributed by atoms with van der Waals surface area (Å²) in [5.74, 6) is 0. The molecule has 0 fully saturated rings. The lowest BCUT2D eigenvalue weighted by molar-refractivity contribution is 0.0550. The summed E-state index contributed by atoms with van der Waals surface area (Å²) in [6, 6.07) is 0. The second-order valence-electron chi connectivity index (χ2n) is 3.90. The lowest BCUT2D eigenvalue weighted by Gasteiger charge is -2.06. The van der Waals surface area contributed by atoms with E-state index < -0.39 is 0 Å². The van der Waals surface area contributed by atoms with E-state index in [9.17, 15) is 0 Å². The van der Waals surface area contributed by atoms with Crippen LogP contribution in [0.25, 0.3) is 0 Å². The smallest absolute Gasteiger partial charge is 0.294 e. The maximum Gasteiger partial charge on any atom is 0.294 e. The van der Waals surface area contributed by atoms with Crippen LogP contribution in [-0.2, 0) is 16.0 Å². The SMILES string of the molecule is COCCNCc1nnc(OCCOC(C)C)s1. The second-order valence-corrected chi connectivity index (χ2v) is 4.92. The van der Waals surface area contributed by atoms with Gasteiger partial charge in [0.25, 0.3) is 5.19 Å². The summed E-state index contributed by atoms with van der Waals surface area (Å²) in [7, 11) is 1.68. The Morgan fingerprint density at radius 1 is 1.22 bits per heavy atom. The first-order chi connectivity index (χ1) is 8.72. The van der Waals surface area contributed by atoms with Gasteiger partial charge in [-0.3, -0.25) is 0 Å². The molecule has 0 aliphatic heterocycles. The maximum absolute atomic E-state index is 5.43. The molecule has 104 valence electrons. The molecule has 0 amide bonds. The fourth-order valence-corrected chi connectivity index (χ4v) is 1.83. The quantitative estimate of drug-likeness (QED) is 0.645. The van der Waals surface area contributed by atoms with E-state index >= 15 is 0 Å². The second kappa shape index (κ2) is 9.21. The van der Waals surface area contributed by atoms with Gasteiger partial charge >= 0.3 is 0 Å². The Balaban J connectivity index is 2.13. The zero-order valence-corrected chi connectivity index (χ0v) is 12.0. The van der Waals surface area contributed by atoms with Crippen molar-refractivity contribution in [1.29, 1.82) is 0 Å². The molecule has 1 aromatic heterocycles. The molecule has 0 radical (unpaired) electrons. The number of hydrogen-bond acceptors (Lipinski definition) is 7. The van der Waals surface area contributed by atoms with E-state index in [1.807, 2.05) is 13.8 Å². The van der Waals surface area contributed by atoms with Crippen LogP contribution in [0.2, 0.25) is 0 Å². The molecule has 0 bridgehead atoms. The Hall–Kier alpha value is -0.760. The summed E-state index contributed by atoms with van der Waals surface area (Å²) in [5, 5.41) is 12.7. The molecule has 1 rings (SSSR count). The summed E-state index contributed by atoms with van der Waals surface area (Å²) in [6.45, 7) is 7.24.